The van der Waals surface area contributed by atoms with Crippen molar-refractivity contribution < 1.29 is 0 Å². The van der Waals surface area contributed by atoms with Crippen LogP contribution in [0.4, 0.5) is 0 Å². The average Bonchev–Trinajstić information content (AvgIpc) is 3.69. The Balaban J connectivity index is 1.34. The lowest BCUT2D eigenvalue weighted by molar-refractivity contribution is 0.589. The highest BCUT2D eigenvalue weighted by molar-refractivity contribution is 6.05. The molecule has 0 fully saturated rings. The predicted octanol–water partition coefficient (Wildman–Crippen LogP) is 12.4. The van der Waals surface area contributed by atoms with E-state index in [2.05, 4.69) is 163 Å². The minimum atomic E-state index is 0.0571. The van der Waals surface area contributed by atoms with E-state index < -0.39 is 0 Å². The van der Waals surface area contributed by atoms with Crippen molar-refractivity contribution in [3.05, 3.63) is 154 Å². The van der Waals surface area contributed by atoms with Gasteiger partial charge in [0.05, 0.1) is 0 Å². The standard InChI is InChI=1S/C46H42/c1-45(2,3)35-19-21-39(43(27-35)33-23-31-17-15-29-11-7-9-13-37(29)41(31)25-33)40-22-20-36(46(4,5)6)28-44(40)34-24-32-18-16-30-12-8-10-14-38(30)42(32)26-34/h7-22,25-28H,23-24H2,1-6H3. The Hall–Kier alpha value is -4.68. The molecule has 0 heterocycles. The molecule has 0 nitrogen and oxygen atoms in total. The van der Waals surface area contributed by atoms with Gasteiger partial charge < -0.3 is 0 Å². The third-order valence-corrected chi connectivity index (χ3v) is 10.3. The first-order valence-corrected chi connectivity index (χ1v) is 16.8. The molecule has 0 aliphatic heterocycles. The Morgan fingerprint density at radius 2 is 0.826 bits per heavy atom. The molecule has 226 valence electrons. The summed E-state index contributed by atoms with van der Waals surface area (Å²) >= 11 is 0. The number of rotatable bonds is 3. The summed E-state index contributed by atoms with van der Waals surface area (Å²) in [6.07, 6.45) is 6.86. The normalized spacial score (nSPS) is 14.4. The third kappa shape index (κ3) is 4.83. The van der Waals surface area contributed by atoms with E-state index in [1.807, 2.05) is 0 Å². The molecular formula is C46H42. The van der Waals surface area contributed by atoms with Gasteiger partial charge in [-0.3, -0.25) is 0 Å². The molecule has 6 aromatic rings. The fourth-order valence-electron chi connectivity index (χ4n) is 7.56. The molecule has 0 unspecified atom stereocenters. The van der Waals surface area contributed by atoms with E-state index in [1.165, 1.54) is 88.3 Å². The molecule has 0 aromatic heterocycles. The van der Waals surface area contributed by atoms with Crippen LogP contribution in [0.5, 0.6) is 0 Å². The minimum Gasteiger partial charge on any atom is -0.0616 e. The Bertz CT molecular complexity index is 2090. The van der Waals surface area contributed by atoms with Gasteiger partial charge in [-0.1, -0.05) is 151 Å². The zero-order valence-corrected chi connectivity index (χ0v) is 28.0. The Morgan fingerprint density at radius 1 is 0.413 bits per heavy atom. The van der Waals surface area contributed by atoms with E-state index in [-0.39, 0.29) is 10.8 Å². The molecule has 0 saturated carbocycles. The molecule has 0 N–H and O–H groups in total. The summed E-state index contributed by atoms with van der Waals surface area (Å²) in [5, 5.41) is 5.31. The van der Waals surface area contributed by atoms with E-state index in [9.17, 15) is 0 Å². The summed E-state index contributed by atoms with van der Waals surface area (Å²) in [5.74, 6) is 0. The SMILES string of the molecule is CC(C)(C)c1ccc(-c2ccc(C(C)(C)C)cc2C2=Cc3c(ccc4ccccc34)C2)c(C2=Cc3c(ccc4ccccc34)C2)c1. The lowest BCUT2D eigenvalue weighted by Gasteiger charge is -2.25. The zero-order chi connectivity index (χ0) is 31.8. The Kier molecular flexibility index (Phi) is 6.52. The van der Waals surface area contributed by atoms with Crippen molar-refractivity contribution in [1.29, 1.82) is 0 Å². The van der Waals surface area contributed by atoms with Crippen molar-refractivity contribution in [2.45, 2.75) is 65.2 Å². The van der Waals surface area contributed by atoms with Gasteiger partial charge in [-0.15, -0.1) is 0 Å². The summed E-state index contributed by atoms with van der Waals surface area (Å²) in [5.41, 5.74) is 16.7. The number of allylic oxidation sites excluding steroid dienone is 2. The zero-order valence-electron chi connectivity index (χ0n) is 28.0. The van der Waals surface area contributed by atoms with E-state index in [0.717, 1.165) is 12.8 Å². The maximum atomic E-state index is 2.49. The first-order valence-electron chi connectivity index (χ1n) is 16.8. The van der Waals surface area contributed by atoms with Crippen molar-refractivity contribution in [3.63, 3.8) is 0 Å². The third-order valence-electron chi connectivity index (χ3n) is 10.3. The highest BCUT2D eigenvalue weighted by atomic mass is 14.3. The first kappa shape index (κ1) is 28.8. The first-order chi connectivity index (χ1) is 22.0. The molecule has 0 amide bonds. The maximum absolute atomic E-state index is 2.49. The summed E-state index contributed by atoms with van der Waals surface area (Å²) in [6, 6.07) is 41.4. The Labute approximate surface area is 274 Å². The van der Waals surface area contributed by atoms with Gasteiger partial charge in [0.25, 0.3) is 0 Å². The molecule has 46 heavy (non-hydrogen) atoms. The number of fused-ring (bicyclic) bond motifs is 6. The summed E-state index contributed by atoms with van der Waals surface area (Å²) in [7, 11) is 0. The Morgan fingerprint density at radius 3 is 1.24 bits per heavy atom. The molecule has 2 aliphatic carbocycles. The quantitative estimate of drug-likeness (QED) is 0.191. The highest BCUT2D eigenvalue weighted by Gasteiger charge is 2.26. The van der Waals surface area contributed by atoms with Gasteiger partial charge in [-0.2, -0.15) is 0 Å². The summed E-state index contributed by atoms with van der Waals surface area (Å²) in [4.78, 5) is 0. The van der Waals surface area contributed by atoms with Crippen LogP contribution in [-0.2, 0) is 23.7 Å². The lowest BCUT2D eigenvalue weighted by atomic mass is 9.79. The second-order valence-electron chi connectivity index (χ2n) is 15.4. The molecule has 0 atom stereocenters. The average molecular weight is 595 g/mol. The second kappa shape index (κ2) is 10.4. The molecule has 0 saturated heterocycles. The number of benzene rings is 6. The van der Waals surface area contributed by atoms with Crippen molar-refractivity contribution in [1.82, 2.24) is 0 Å². The minimum absolute atomic E-state index is 0.0571. The molecule has 0 bridgehead atoms. The molecule has 0 spiro atoms. The lowest BCUT2D eigenvalue weighted by Crippen LogP contribution is -2.13. The van der Waals surface area contributed by atoms with Crippen molar-refractivity contribution in [3.8, 4) is 11.1 Å². The largest absolute Gasteiger partial charge is 0.0616 e. The molecule has 0 heteroatoms. The van der Waals surface area contributed by atoms with Crippen LogP contribution in [0.3, 0.4) is 0 Å². The van der Waals surface area contributed by atoms with E-state index in [0.29, 0.717) is 0 Å². The van der Waals surface area contributed by atoms with Gasteiger partial charge in [0, 0.05) is 0 Å². The van der Waals surface area contributed by atoms with Gasteiger partial charge >= 0.3 is 0 Å². The van der Waals surface area contributed by atoms with Gasteiger partial charge in [0.2, 0.25) is 0 Å². The predicted molar refractivity (Wildman–Crippen MR) is 200 cm³/mol. The van der Waals surface area contributed by atoms with E-state index >= 15 is 0 Å². The number of hydrogen-bond donors (Lipinski definition) is 0. The van der Waals surface area contributed by atoms with Gasteiger partial charge in [-0.05, 0) is 124 Å². The van der Waals surface area contributed by atoms with E-state index in [1.54, 1.807) is 0 Å². The summed E-state index contributed by atoms with van der Waals surface area (Å²) < 4.78 is 0. The fourth-order valence-corrected chi connectivity index (χ4v) is 7.56. The smallest absolute Gasteiger partial charge is 0.00132 e. The molecule has 8 rings (SSSR count). The molecular weight excluding hydrogens is 553 g/mol. The van der Waals surface area contributed by atoms with Gasteiger partial charge in [-0.25, -0.2) is 0 Å². The van der Waals surface area contributed by atoms with Crippen LogP contribution >= 0.6 is 0 Å². The topological polar surface area (TPSA) is 0 Å². The molecule has 0 radical (unpaired) electrons. The molecule has 2 aliphatic rings. The van der Waals surface area contributed by atoms with Crippen LogP contribution in [-0.4, -0.2) is 0 Å². The van der Waals surface area contributed by atoms with Crippen molar-refractivity contribution in [2.75, 3.05) is 0 Å². The van der Waals surface area contributed by atoms with Crippen LogP contribution < -0.4 is 0 Å². The monoisotopic (exact) mass is 594 g/mol. The second-order valence-corrected chi connectivity index (χ2v) is 15.4. The van der Waals surface area contributed by atoms with Crippen LogP contribution in [0.1, 0.15) is 86.1 Å². The van der Waals surface area contributed by atoms with Gasteiger partial charge in [0.15, 0.2) is 0 Å². The fraction of sp³-hybridized carbons (Fsp3) is 0.217. The maximum Gasteiger partial charge on any atom is -0.00132 e. The van der Waals surface area contributed by atoms with Crippen LogP contribution in [0, 0.1) is 0 Å². The van der Waals surface area contributed by atoms with Crippen LogP contribution in [0.25, 0.3) is 56.0 Å². The van der Waals surface area contributed by atoms with Crippen LogP contribution in [0.15, 0.2) is 109 Å². The van der Waals surface area contributed by atoms with E-state index in [4.69, 9.17) is 0 Å². The number of hydrogen-bond acceptors (Lipinski definition) is 0. The summed E-state index contributed by atoms with van der Waals surface area (Å²) in [6.45, 7) is 13.9. The highest BCUT2D eigenvalue weighted by Crippen LogP contribution is 2.45. The van der Waals surface area contributed by atoms with Crippen molar-refractivity contribution >= 4 is 44.8 Å². The molecule has 6 aromatic carbocycles. The van der Waals surface area contributed by atoms with Gasteiger partial charge in [0.1, 0.15) is 0 Å². The van der Waals surface area contributed by atoms with Crippen LogP contribution in [0.2, 0.25) is 0 Å². The van der Waals surface area contributed by atoms with Crippen molar-refractivity contribution in [2.24, 2.45) is 0 Å².